The van der Waals surface area contributed by atoms with Crippen molar-refractivity contribution in [3.05, 3.63) is 71.3 Å². The quantitative estimate of drug-likeness (QED) is 0.740. The van der Waals surface area contributed by atoms with E-state index in [4.69, 9.17) is 0 Å². The molecule has 27 heavy (non-hydrogen) atoms. The highest BCUT2D eigenvalue weighted by Crippen LogP contribution is 2.19. The minimum absolute atomic E-state index is 0.228. The molecule has 0 atom stereocenters. The second-order valence-corrected chi connectivity index (χ2v) is 6.56. The zero-order valence-electron chi connectivity index (χ0n) is 15.3. The molecule has 6 nitrogen and oxygen atoms in total. The van der Waals surface area contributed by atoms with Gasteiger partial charge >= 0.3 is 0 Å². The van der Waals surface area contributed by atoms with E-state index in [0.717, 1.165) is 24.8 Å². The number of hydrogen-bond acceptors (Lipinski definition) is 4. The van der Waals surface area contributed by atoms with Gasteiger partial charge in [-0.05, 0) is 61.9 Å². The maximum absolute atomic E-state index is 12.3. The van der Waals surface area contributed by atoms with Gasteiger partial charge in [0.2, 0.25) is 0 Å². The summed E-state index contributed by atoms with van der Waals surface area (Å²) >= 11 is 0. The van der Waals surface area contributed by atoms with Gasteiger partial charge in [-0.3, -0.25) is 14.6 Å². The third kappa shape index (κ3) is 5.74. The number of aromatic nitrogens is 2. The summed E-state index contributed by atoms with van der Waals surface area (Å²) in [5.74, 6) is -0.566. The van der Waals surface area contributed by atoms with Crippen LogP contribution in [0.2, 0.25) is 0 Å². The highest BCUT2D eigenvalue weighted by atomic mass is 16.2. The van der Waals surface area contributed by atoms with E-state index in [9.17, 15) is 9.59 Å². The number of carbonyl (C=O) groups is 2. The molecule has 2 aromatic rings. The van der Waals surface area contributed by atoms with Crippen molar-refractivity contribution in [3.8, 4) is 0 Å². The van der Waals surface area contributed by atoms with Crippen LogP contribution in [0.15, 0.2) is 54.4 Å². The summed E-state index contributed by atoms with van der Waals surface area (Å²) in [6, 6.07) is 8.56. The smallest absolute Gasteiger partial charge is 0.270 e. The highest BCUT2D eigenvalue weighted by Gasteiger charge is 2.12. The van der Waals surface area contributed by atoms with Crippen molar-refractivity contribution in [3.63, 3.8) is 0 Å². The molecule has 0 aliphatic heterocycles. The van der Waals surface area contributed by atoms with Gasteiger partial charge in [0.15, 0.2) is 0 Å². The summed E-state index contributed by atoms with van der Waals surface area (Å²) in [5, 5.41) is 5.69. The molecule has 0 aromatic carbocycles. The van der Waals surface area contributed by atoms with Gasteiger partial charge in [0.1, 0.15) is 11.4 Å². The summed E-state index contributed by atoms with van der Waals surface area (Å²) in [4.78, 5) is 32.7. The van der Waals surface area contributed by atoms with Crippen LogP contribution in [0, 0.1) is 0 Å². The molecule has 2 amide bonds. The third-order valence-electron chi connectivity index (χ3n) is 4.53. The third-order valence-corrected chi connectivity index (χ3v) is 4.53. The van der Waals surface area contributed by atoms with Crippen LogP contribution in [-0.4, -0.2) is 28.3 Å². The van der Waals surface area contributed by atoms with Crippen LogP contribution in [0.1, 0.15) is 58.6 Å². The molecule has 2 heterocycles. The summed E-state index contributed by atoms with van der Waals surface area (Å²) in [7, 11) is 0. The molecular formula is C21H24N4O2. The molecule has 2 aromatic heterocycles. The van der Waals surface area contributed by atoms with Gasteiger partial charge in [0.25, 0.3) is 11.8 Å². The maximum Gasteiger partial charge on any atom is 0.270 e. The number of nitrogens with zero attached hydrogens (tertiary/aromatic N) is 2. The Morgan fingerprint density at radius 2 is 1.70 bits per heavy atom. The van der Waals surface area contributed by atoms with Crippen molar-refractivity contribution in [1.29, 1.82) is 0 Å². The Morgan fingerprint density at radius 3 is 2.41 bits per heavy atom. The van der Waals surface area contributed by atoms with Gasteiger partial charge in [-0.25, -0.2) is 4.98 Å². The Kier molecular flexibility index (Phi) is 6.68. The number of amides is 2. The Morgan fingerprint density at radius 1 is 0.963 bits per heavy atom. The predicted octanol–water partition coefficient (Wildman–Crippen LogP) is 3.03. The van der Waals surface area contributed by atoms with Crippen molar-refractivity contribution < 1.29 is 9.59 Å². The number of allylic oxidation sites excluding steroid dienone is 1. The lowest BCUT2D eigenvalue weighted by Crippen LogP contribution is -2.28. The van der Waals surface area contributed by atoms with Crippen LogP contribution >= 0.6 is 0 Å². The molecule has 3 rings (SSSR count). The largest absolute Gasteiger partial charge is 0.350 e. The zero-order chi connectivity index (χ0) is 18.9. The number of carbonyl (C=O) groups excluding carboxylic acids is 2. The molecule has 6 heteroatoms. The van der Waals surface area contributed by atoms with Gasteiger partial charge in [-0.15, -0.1) is 0 Å². The molecule has 0 saturated carbocycles. The highest BCUT2D eigenvalue weighted by molar-refractivity contribution is 5.96. The molecule has 140 valence electrons. The van der Waals surface area contributed by atoms with Gasteiger partial charge in [0.05, 0.1) is 0 Å². The monoisotopic (exact) mass is 364 g/mol. The first-order chi connectivity index (χ1) is 13.2. The fraction of sp³-hybridized carbons (Fsp3) is 0.333. The lowest BCUT2D eigenvalue weighted by Gasteiger charge is -2.13. The van der Waals surface area contributed by atoms with E-state index in [2.05, 4.69) is 26.7 Å². The first kappa shape index (κ1) is 18.8. The van der Waals surface area contributed by atoms with Crippen LogP contribution in [-0.2, 0) is 6.54 Å². The van der Waals surface area contributed by atoms with E-state index in [-0.39, 0.29) is 23.2 Å². The average Bonchev–Trinajstić information content (AvgIpc) is 2.73. The Bertz CT molecular complexity index is 818. The van der Waals surface area contributed by atoms with Crippen molar-refractivity contribution in [2.45, 2.75) is 38.6 Å². The second-order valence-electron chi connectivity index (χ2n) is 6.56. The van der Waals surface area contributed by atoms with E-state index in [1.54, 1.807) is 30.6 Å². The Hall–Kier alpha value is -3.02. The van der Waals surface area contributed by atoms with Crippen molar-refractivity contribution in [2.24, 2.45) is 0 Å². The van der Waals surface area contributed by atoms with Gasteiger partial charge in [-0.2, -0.15) is 0 Å². The fourth-order valence-corrected chi connectivity index (χ4v) is 3.02. The fourth-order valence-electron chi connectivity index (χ4n) is 3.02. The lowest BCUT2D eigenvalue weighted by atomic mass is 9.97. The number of rotatable bonds is 7. The van der Waals surface area contributed by atoms with Crippen molar-refractivity contribution in [1.82, 2.24) is 20.6 Å². The predicted molar refractivity (Wildman–Crippen MR) is 103 cm³/mol. The summed E-state index contributed by atoms with van der Waals surface area (Å²) < 4.78 is 0. The van der Waals surface area contributed by atoms with Crippen molar-refractivity contribution >= 4 is 11.8 Å². The topological polar surface area (TPSA) is 84.0 Å². The standard InChI is InChI=1S/C21H24N4O2/c26-20(23-14-11-16-5-2-1-3-6-16)18-7-4-8-19(25-18)21(27)24-15-17-9-12-22-13-10-17/h4-5,7-10,12-13H,1-3,6,11,14-15H2,(H,23,26)(H,24,27). The van der Waals surface area contributed by atoms with Crippen LogP contribution in [0.4, 0.5) is 0 Å². The molecule has 0 unspecified atom stereocenters. The summed E-state index contributed by atoms with van der Waals surface area (Å²) in [6.07, 6.45) is 11.3. The number of pyridine rings is 2. The maximum atomic E-state index is 12.3. The summed E-state index contributed by atoms with van der Waals surface area (Å²) in [5.41, 5.74) is 2.85. The molecule has 0 spiro atoms. The van der Waals surface area contributed by atoms with Gasteiger partial charge < -0.3 is 10.6 Å². The normalized spacial score (nSPS) is 13.6. The molecule has 0 saturated heterocycles. The van der Waals surface area contributed by atoms with Crippen LogP contribution in [0.25, 0.3) is 0 Å². The molecule has 0 fully saturated rings. The lowest BCUT2D eigenvalue weighted by molar-refractivity contribution is 0.0943. The Labute approximate surface area is 159 Å². The average molecular weight is 364 g/mol. The molecule has 0 radical (unpaired) electrons. The zero-order valence-corrected chi connectivity index (χ0v) is 15.3. The summed E-state index contributed by atoms with van der Waals surface area (Å²) in [6.45, 7) is 0.972. The molecule has 1 aliphatic carbocycles. The van der Waals surface area contributed by atoms with Crippen LogP contribution in [0.5, 0.6) is 0 Å². The van der Waals surface area contributed by atoms with E-state index in [1.807, 2.05) is 12.1 Å². The first-order valence-corrected chi connectivity index (χ1v) is 9.32. The number of hydrogen-bond donors (Lipinski definition) is 2. The molecule has 2 N–H and O–H groups in total. The SMILES string of the molecule is O=C(NCCC1=CCCCC1)c1cccc(C(=O)NCc2ccncc2)n1. The van der Waals surface area contributed by atoms with E-state index < -0.39 is 0 Å². The van der Waals surface area contributed by atoms with Crippen molar-refractivity contribution in [2.75, 3.05) is 6.54 Å². The minimum Gasteiger partial charge on any atom is -0.350 e. The number of nitrogens with one attached hydrogen (secondary N) is 2. The van der Waals surface area contributed by atoms with Gasteiger partial charge in [0, 0.05) is 25.5 Å². The molecule has 1 aliphatic rings. The Balaban J connectivity index is 1.51. The van der Waals surface area contributed by atoms with Crippen LogP contribution in [0.3, 0.4) is 0 Å². The van der Waals surface area contributed by atoms with E-state index >= 15 is 0 Å². The molecule has 0 bridgehead atoms. The van der Waals surface area contributed by atoms with Crippen LogP contribution < -0.4 is 10.6 Å². The first-order valence-electron chi connectivity index (χ1n) is 9.32. The van der Waals surface area contributed by atoms with Gasteiger partial charge in [-0.1, -0.05) is 17.7 Å². The minimum atomic E-state index is -0.311. The molecular weight excluding hydrogens is 340 g/mol. The van der Waals surface area contributed by atoms with E-state index in [1.165, 1.54) is 18.4 Å². The second kappa shape index (κ2) is 9.62. The van der Waals surface area contributed by atoms with E-state index in [0.29, 0.717) is 13.1 Å².